The van der Waals surface area contributed by atoms with Crippen LogP contribution in [0.5, 0.6) is 5.75 Å². The second-order valence-corrected chi connectivity index (χ2v) is 9.44. The van der Waals surface area contributed by atoms with Gasteiger partial charge in [0.25, 0.3) is 5.91 Å². The Labute approximate surface area is 192 Å². The van der Waals surface area contributed by atoms with E-state index in [-0.39, 0.29) is 29.9 Å². The van der Waals surface area contributed by atoms with E-state index in [1.807, 2.05) is 30.3 Å². The Hall–Kier alpha value is -3.15. The topological polar surface area (TPSA) is 146 Å². The summed E-state index contributed by atoms with van der Waals surface area (Å²) in [5.74, 6) is -0.0913. The number of ether oxygens (including phenoxy) is 1. The van der Waals surface area contributed by atoms with E-state index in [1.165, 1.54) is 42.4 Å². The van der Waals surface area contributed by atoms with Crippen molar-refractivity contribution in [2.75, 3.05) is 13.7 Å². The van der Waals surface area contributed by atoms with Gasteiger partial charge in [-0.25, -0.2) is 18.7 Å². The molecule has 2 aromatic rings. The molecule has 0 radical (unpaired) electrons. The van der Waals surface area contributed by atoms with E-state index < -0.39 is 22.0 Å². The van der Waals surface area contributed by atoms with Gasteiger partial charge < -0.3 is 15.4 Å². The number of sulfonamides is 1. The number of carbonyl (C=O) groups is 2. The summed E-state index contributed by atoms with van der Waals surface area (Å²) >= 11 is 0. The predicted octanol–water partition coefficient (Wildman–Crippen LogP) is 1.48. The minimum absolute atomic E-state index is 0.0473. The summed E-state index contributed by atoms with van der Waals surface area (Å²) in [5.41, 5.74) is 2.66. The van der Waals surface area contributed by atoms with Gasteiger partial charge in [0.2, 0.25) is 10.0 Å². The average Bonchev–Trinajstić information content (AvgIpc) is 3.60. The molecule has 0 heterocycles. The Kier molecular flexibility index (Phi) is 8.26. The van der Waals surface area contributed by atoms with Gasteiger partial charge in [-0.15, -0.1) is 0 Å². The fourth-order valence-corrected chi connectivity index (χ4v) is 4.71. The Morgan fingerprint density at radius 2 is 1.82 bits per heavy atom. The van der Waals surface area contributed by atoms with Crippen molar-refractivity contribution in [2.24, 2.45) is 0 Å². The van der Waals surface area contributed by atoms with Gasteiger partial charge in [0.15, 0.2) is 0 Å². The molecule has 3 rings (SSSR count). The van der Waals surface area contributed by atoms with E-state index >= 15 is 0 Å². The summed E-state index contributed by atoms with van der Waals surface area (Å²) in [5, 5.41) is 14.6. The van der Waals surface area contributed by atoms with E-state index in [0.717, 1.165) is 6.42 Å². The summed E-state index contributed by atoms with van der Waals surface area (Å²) in [4.78, 5) is 24.0. The molecule has 1 aliphatic rings. The molecule has 10 nitrogen and oxygen atoms in total. The highest BCUT2D eigenvalue weighted by molar-refractivity contribution is 7.89. The standard InChI is InChI=1S/C22H28N4O6S/c1-32-16-9-11-17(12-10-16)33(30,31)26-19(21(27)25-29)8-5-13-23-22(28)24-20-14-18(20)15-6-3-2-4-7-15/h2-4,6-7,9-12,18-20,26,29H,5,8,13-14H2,1H3,(H,25,27)(H2,23,24,28)/t18?,19-,20?/m0/s1. The highest BCUT2D eigenvalue weighted by Crippen LogP contribution is 2.40. The molecule has 0 spiro atoms. The first-order valence-corrected chi connectivity index (χ1v) is 12.0. The summed E-state index contributed by atoms with van der Waals surface area (Å²) in [6, 6.07) is 14.2. The van der Waals surface area contributed by atoms with Gasteiger partial charge in [-0.05, 0) is 49.1 Å². The zero-order valence-corrected chi connectivity index (χ0v) is 19.0. The van der Waals surface area contributed by atoms with Crippen LogP contribution in [0.4, 0.5) is 4.79 Å². The molecule has 1 fully saturated rings. The second kappa shape index (κ2) is 11.1. The molecule has 1 aliphatic carbocycles. The summed E-state index contributed by atoms with van der Waals surface area (Å²) < 4.78 is 32.5. The van der Waals surface area contributed by atoms with Gasteiger partial charge in [0.1, 0.15) is 11.8 Å². The van der Waals surface area contributed by atoms with E-state index in [4.69, 9.17) is 9.94 Å². The Balaban J connectivity index is 1.45. The van der Waals surface area contributed by atoms with Crippen LogP contribution in [-0.2, 0) is 14.8 Å². The van der Waals surface area contributed by atoms with Crippen LogP contribution < -0.4 is 25.6 Å². The Morgan fingerprint density at radius 1 is 1.12 bits per heavy atom. The smallest absolute Gasteiger partial charge is 0.315 e. The maximum atomic E-state index is 12.6. The van der Waals surface area contributed by atoms with Crippen molar-refractivity contribution in [3.63, 3.8) is 0 Å². The van der Waals surface area contributed by atoms with Crippen LogP contribution in [0.3, 0.4) is 0 Å². The van der Waals surface area contributed by atoms with Gasteiger partial charge in [-0.1, -0.05) is 30.3 Å². The summed E-state index contributed by atoms with van der Waals surface area (Å²) in [6.07, 6.45) is 1.25. The average molecular weight is 477 g/mol. The molecule has 33 heavy (non-hydrogen) atoms. The highest BCUT2D eigenvalue weighted by Gasteiger charge is 2.39. The molecule has 0 aromatic heterocycles. The molecular formula is C22H28N4O6S. The van der Waals surface area contributed by atoms with Crippen LogP contribution in [-0.4, -0.2) is 51.3 Å². The molecular weight excluding hydrogens is 448 g/mol. The SMILES string of the molecule is COc1ccc(S(=O)(=O)N[C@@H](CCCNC(=O)NC2CC2c2ccccc2)C(=O)NO)cc1. The monoisotopic (exact) mass is 476 g/mol. The van der Waals surface area contributed by atoms with Crippen molar-refractivity contribution in [1.29, 1.82) is 0 Å². The lowest BCUT2D eigenvalue weighted by Crippen LogP contribution is -2.46. The molecule has 0 bridgehead atoms. The lowest BCUT2D eigenvalue weighted by molar-refractivity contribution is -0.131. The van der Waals surface area contributed by atoms with E-state index in [0.29, 0.717) is 18.1 Å². The number of carbonyl (C=O) groups excluding carboxylic acids is 2. The lowest BCUT2D eigenvalue weighted by Gasteiger charge is -2.17. The number of hydrogen-bond donors (Lipinski definition) is 5. The molecule has 1 saturated carbocycles. The summed E-state index contributed by atoms with van der Waals surface area (Å²) in [7, 11) is -2.55. The van der Waals surface area contributed by atoms with Gasteiger partial charge >= 0.3 is 6.03 Å². The largest absolute Gasteiger partial charge is 0.497 e. The van der Waals surface area contributed by atoms with Crippen molar-refractivity contribution in [3.8, 4) is 5.75 Å². The van der Waals surface area contributed by atoms with E-state index in [9.17, 15) is 18.0 Å². The molecule has 3 atom stereocenters. The molecule has 178 valence electrons. The van der Waals surface area contributed by atoms with Gasteiger partial charge in [0.05, 0.1) is 12.0 Å². The predicted molar refractivity (Wildman–Crippen MR) is 120 cm³/mol. The number of nitrogens with one attached hydrogen (secondary N) is 4. The minimum Gasteiger partial charge on any atom is -0.497 e. The van der Waals surface area contributed by atoms with Crippen LogP contribution in [0.2, 0.25) is 0 Å². The van der Waals surface area contributed by atoms with Gasteiger partial charge in [-0.2, -0.15) is 4.72 Å². The Bertz CT molecular complexity index is 1050. The number of methoxy groups -OCH3 is 1. The normalized spacial score (nSPS) is 18.1. The van der Waals surface area contributed by atoms with Gasteiger partial charge in [-0.3, -0.25) is 10.0 Å². The lowest BCUT2D eigenvalue weighted by atomic mass is 10.1. The van der Waals surface area contributed by atoms with Crippen molar-refractivity contribution >= 4 is 22.0 Å². The molecule has 0 saturated heterocycles. The third-order valence-electron chi connectivity index (χ3n) is 5.38. The molecule has 11 heteroatoms. The van der Waals surface area contributed by atoms with E-state index in [2.05, 4.69) is 15.4 Å². The maximum absolute atomic E-state index is 12.6. The van der Waals surface area contributed by atoms with Crippen molar-refractivity contribution in [1.82, 2.24) is 20.8 Å². The molecule has 5 N–H and O–H groups in total. The number of urea groups is 1. The highest BCUT2D eigenvalue weighted by atomic mass is 32.2. The number of hydroxylamine groups is 1. The fraction of sp³-hybridized carbons (Fsp3) is 0.364. The van der Waals surface area contributed by atoms with Crippen LogP contribution in [0.25, 0.3) is 0 Å². The van der Waals surface area contributed by atoms with Crippen LogP contribution in [0.15, 0.2) is 59.5 Å². The number of rotatable bonds is 11. The molecule has 3 amide bonds. The molecule has 0 aliphatic heterocycles. The minimum atomic E-state index is -4.01. The Morgan fingerprint density at radius 3 is 2.45 bits per heavy atom. The molecule has 2 unspecified atom stereocenters. The van der Waals surface area contributed by atoms with Crippen LogP contribution in [0.1, 0.15) is 30.7 Å². The quantitative estimate of drug-likeness (QED) is 0.189. The third-order valence-corrected chi connectivity index (χ3v) is 6.87. The third kappa shape index (κ3) is 6.91. The molecule has 2 aromatic carbocycles. The number of amides is 3. The van der Waals surface area contributed by atoms with Crippen molar-refractivity contribution < 1.29 is 28.0 Å². The maximum Gasteiger partial charge on any atom is 0.315 e. The van der Waals surface area contributed by atoms with Crippen LogP contribution in [0, 0.1) is 0 Å². The zero-order valence-electron chi connectivity index (χ0n) is 18.2. The zero-order chi connectivity index (χ0) is 23.8. The van der Waals surface area contributed by atoms with E-state index in [1.54, 1.807) is 0 Å². The van der Waals surface area contributed by atoms with Crippen molar-refractivity contribution in [3.05, 3.63) is 60.2 Å². The summed E-state index contributed by atoms with van der Waals surface area (Å²) in [6.45, 7) is 0.230. The first-order chi connectivity index (χ1) is 15.8. The first kappa shape index (κ1) is 24.5. The second-order valence-electron chi connectivity index (χ2n) is 7.73. The first-order valence-electron chi connectivity index (χ1n) is 10.5. The number of hydrogen-bond acceptors (Lipinski definition) is 6. The fourth-order valence-electron chi connectivity index (χ4n) is 3.48. The van der Waals surface area contributed by atoms with Gasteiger partial charge in [0, 0.05) is 18.5 Å². The van der Waals surface area contributed by atoms with Crippen LogP contribution >= 0.6 is 0 Å². The number of benzene rings is 2. The van der Waals surface area contributed by atoms with Crippen molar-refractivity contribution in [2.45, 2.75) is 42.2 Å².